The Kier molecular flexibility index (Phi) is 2.89. The second-order valence-electron chi connectivity index (χ2n) is 4.84. The van der Waals surface area contributed by atoms with Crippen molar-refractivity contribution in [2.24, 2.45) is 0 Å². The van der Waals surface area contributed by atoms with Gasteiger partial charge >= 0.3 is 0 Å². The van der Waals surface area contributed by atoms with Crippen LogP contribution in [0.1, 0.15) is 31.5 Å². The predicted octanol–water partition coefficient (Wildman–Crippen LogP) is 3.14. The van der Waals surface area contributed by atoms with Gasteiger partial charge in [0.2, 0.25) is 0 Å². The van der Waals surface area contributed by atoms with Crippen LogP contribution in [-0.2, 0) is 6.54 Å². The van der Waals surface area contributed by atoms with Crippen molar-refractivity contribution in [1.82, 2.24) is 9.47 Å². The molecule has 0 saturated heterocycles. The van der Waals surface area contributed by atoms with Crippen LogP contribution in [0.4, 0.5) is 0 Å². The summed E-state index contributed by atoms with van der Waals surface area (Å²) < 4.78 is 2.40. The van der Waals surface area contributed by atoms with Gasteiger partial charge in [-0.2, -0.15) is 0 Å². The molecule has 1 aliphatic carbocycles. The smallest absolute Gasteiger partial charge is 0.0753 e. The minimum absolute atomic E-state index is 0.472. The summed E-state index contributed by atoms with van der Waals surface area (Å²) in [6.45, 7) is 5.68. The van der Waals surface area contributed by atoms with Crippen LogP contribution in [0.15, 0.2) is 42.1 Å². The number of nitrogens with zero attached hydrogens (tertiary/aromatic N) is 2. The molecule has 2 nitrogen and oxygen atoms in total. The molecule has 0 saturated carbocycles. The lowest BCUT2D eigenvalue weighted by molar-refractivity contribution is 0.192. The molecule has 0 fully saturated rings. The molecule has 1 aromatic rings. The highest BCUT2D eigenvalue weighted by Gasteiger charge is 2.28. The van der Waals surface area contributed by atoms with Gasteiger partial charge in [0.05, 0.1) is 6.04 Å². The third-order valence-corrected chi connectivity index (χ3v) is 3.88. The molecular formula is C15H20N2. The molecule has 1 aromatic heterocycles. The van der Waals surface area contributed by atoms with E-state index in [2.05, 4.69) is 52.9 Å². The number of likely N-dealkylation sites (N-methyl/N-ethyl adjacent to an activating group) is 1. The van der Waals surface area contributed by atoms with Crippen molar-refractivity contribution >= 4 is 0 Å². The normalized spacial score (nSPS) is 24.5. The van der Waals surface area contributed by atoms with Gasteiger partial charge in [-0.05, 0) is 37.1 Å². The van der Waals surface area contributed by atoms with Crippen LogP contribution < -0.4 is 0 Å². The predicted molar refractivity (Wildman–Crippen MR) is 70.9 cm³/mol. The quantitative estimate of drug-likeness (QED) is 0.755. The number of allylic oxidation sites excluding steroid dienone is 2. The first-order valence-corrected chi connectivity index (χ1v) is 6.66. The SMILES string of the molecule is CCN1CCn2cccc2C1C1=CCCC=C1. The van der Waals surface area contributed by atoms with E-state index in [1.165, 1.54) is 24.1 Å². The number of fused-ring (bicyclic) bond motifs is 1. The monoisotopic (exact) mass is 228 g/mol. The topological polar surface area (TPSA) is 8.17 Å². The Bertz CT molecular complexity index is 453. The third-order valence-electron chi connectivity index (χ3n) is 3.88. The van der Waals surface area contributed by atoms with Crippen molar-refractivity contribution in [1.29, 1.82) is 0 Å². The highest BCUT2D eigenvalue weighted by Crippen LogP contribution is 2.34. The van der Waals surface area contributed by atoms with Crippen molar-refractivity contribution in [2.45, 2.75) is 32.4 Å². The number of hydrogen-bond acceptors (Lipinski definition) is 1. The fourth-order valence-electron chi connectivity index (χ4n) is 2.99. The maximum absolute atomic E-state index is 2.58. The lowest BCUT2D eigenvalue weighted by atomic mass is 9.95. The lowest BCUT2D eigenvalue weighted by Crippen LogP contribution is -2.38. The van der Waals surface area contributed by atoms with Gasteiger partial charge in [-0.15, -0.1) is 0 Å². The number of rotatable bonds is 2. The average Bonchev–Trinajstić information content (AvgIpc) is 2.86. The Hall–Kier alpha value is -1.28. The minimum Gasteiger partial charge on any atom is -0.348 e. The Morgan fingerprint density at radius 1 is 1.29 bits per heavy atom. The van der Waals surface area contributed by atoms with Crippen LogP contribution in [0, 0.1) is 0 Å². The fourth-order valence-corrected chi connectivity index (χ4v) is 2.99. The molecular weight excluding hydrogens is 208 g/mol. The van der Waals surface area contributed by atoms with Crippen LogP contribution in [0.3, 0.4) is 0 Å². The van der Waals surface area contributed by atoms with Crippen LogP contribution >= 0.6 is 0 Å². The molecule has 0 amide bonds. The Balaban J connectivity index is 2.00. The molecule has 2 heteroatoms. The summed E-state index contributed by atoms with van der Waals surface area (Å²) in [6.07, 6.45) is 11.6. The van der Waals surface area contributed by atoms with Gasteiger partial charge in [-0.3, -0.25) is 4.90 Å². The zero-order chi connectivity index (χ0) is 11.7. The maximum atomic E-state index is 2.58. The van der Waals surface area contributed by atoms with Crippen molar-refractivity contribution in [2.75, 3.05) is 13.1 Å². The second-order valence-corrected chi connectivity index (χ2v) is 4.84. The summed E-state index contributed by atoms with van der Waals surface area (Å²) in [6, 6.07) is 4.92. The van der Waals surface area contributed by atoms with Gasteiger partial charge in [0.25, 0.3) is 0 Å². The molecule has 2 aliphatic rings. The van der Waals surface area contributed by atoms with Gasteiger partial charge in [-0.25, -0.2) is 0 Å². The van der Waals surface area contributed by atoms with Crippen LogP contribution in [-0.4, -0.2) is 22.6 Å². The molecule has 17 heavy (non-hydrogen) atoms. The summed E-state index contributed by atoms with van der Waals surface area (Å²) in [4.78, 5) is 2.58. The zero-order valence-corrected chi connectivity index (χ0v) is 10.5. The van der Waals surface area contributed by atoms with Crippen molar-refractivity contribution in [3.63, 3.8) is 0 Å². The summed E-state index contributed by atoms with van der Waals surface area (Å²) in [5, 5.41) is 0. The molecule has 1 atom stereocenters. The van der Waals surface area contributed by atoms with Gasteiger partial charge in [0.1, 0.15) is 0 Å². The summed E-state index contributed by atoms with van der Waals surface area (Å²) in [5.41, 5.74) is 2.94. The number of hydrogen-bond donors (Lipinski definition) is 0. The molecule has 0 spiro atoms. The molecule has 2 heterocycles. The van der Waals surface area contributed by atoms with Crippen molar-refractivity contribution in [3.8, 4) is 0 Å². The fraction of sp³-hybridized carbons (Fsp3) is 0.467. The Morgan fingerprint density at radius 3 is 3.00 bits per heavy atom. The van der Waals surface area contributed by atoms with E-state index < -0.39 is 0 Å². The van der Waals surface area contributed by atoms with Gasteiger partial charge in [0.15, 0.2) is 0 Å². The van der Waals surface area contributed by atoms with Gasteiger partial charge in [-0.1, -0.05) is 25.2 Å². The van der Waals surface area contributed by atoms with E-state index in [4.69, 9.17) is 0 Å². The molecule has 3 rings (SSSR count). The number of aromatic nitrogens is 1. The first-order chi connectivity index (χ1) is 8.40. The molecule has 0 radical (unpaired) electrons. The molecule has 0 N–H and O–H groups in total. The molecule has 0 bridgehead atoms. The highest BCUT2D eigenvalue weighted by molar-refractivity contribution is 5.34. The van der Waals surface area contributed by atoms with E-state index in [1.807, 2.05) is 0 Å². The highest BCUT2D eigenvalue weighted by atomic mass is 15.2. The standard InChI is InChI=1S/C15H20N2/c1-2-16-11-12-17-10-6-9-14(17)15(16)13-7-4-3-5-8-13/h4,6-10,15H,2-3,5,11-12H2,1H3. The summed E-state index contributed by atoms with van der Waals surface area (Å²) in [7, 11) is 0. The Labute approximate surface area is 103 Å². The minimum atomic E-state index is 0.472. The van der Waals surface area contributed by atoms with Crippen molar-refractivity contribution < 1.29 is 0 Å². The first kappa shape index (κ1) is 10.8. The second kappa shape index (κ2) is 4.53. The molecule has 90 valence electrons. The Morgan fingerprint density at radius 2 is 2.24 bits per heavy atom. The van der Waals surface area contributed by atoms with E-state index in [9.17, 15) is 0 Å². The van der Waals surface area contributed by atoms with E-state index in [1.54, 1.807) is 0 Å². The lowest BCUT2D eigenvalue weighted by Gasteiger charge is -2.37. The third kappa shape index (κ3) is 1.87. The largest absolute Gasteiger partial charge is 0.348 e. The maximum Gasteiger partial charge on any atom is 0.0753 e. The summed E-state index contributed by atoms with van der Waals surface area (Å²) >= 11 is 0. The first-order valence-electron chi connectivity index (χ1n) is 6.66. The molecule has 0 aromatic carbocycles. The van der Waals surface area contributed by atoms with E-state index in [0.717, 1.165) is 19.6 Å². The molecule has 1 unspecified atom stereocenters. The van der Waals surface area contributed by atoms with E-state index in [0.29, 0.717) is 6.04 Å². The molecule has 1 aliphatic heterocycles. The van der Waals surface area contributed by atoms with Crippen LogP contribution in [0.25, 0.3) is 0 Å². The zero-order valence-electron chi connectivity index (χ0n) is 10.5. The van der Waals surface area contributed by atoms with E-state index >= 15 is 0 Å². The summed E-state index contributed by atoms with van der Waals surface area (Å²) in [5.74, 6) is 0. The van der Waals surface area contributed by atoms with Gasteiger partial charge in [0, 0.05) is 25.0 Å². The van der Waals surface area contributed by atoms with Gasteiger partial charge < -0.3 is 4.57 Å². The van der Waals surface area contributed by atoms with Crippen LogP contribution in [0.2, 0.25) is 0 Å². The average molecular weight is 228 g/mol. The van der Waals surface area contributed by atoms with Crippen LogP contribution in [0.5, 0.6) is 0 Å². The van der Waals surface area contributed by atoms with E-state index in [-0.39, 0.29) is 0 Å². The van der Waals surface area contributed by atoms with Crippen molar-refractivity contribution in [3.05, 3.63) is 47.8 Å².